The van der Waals surface area contributed by atoms with E-state index in [0.717, 1.165) is 0 Å². The monoisotopic (exact) mass is 670 g/mol. The van der Waals surface area contributed by atoms with Gasteiger partial charge in [-0.25, -0.2) is 0 Å². The zero-order valence-corrected chi connectivity index (χ0v) is 31.0. The molecule has 0 fully saturated rings. The molecule has 8 aromatic carbocycles. The van der Waals surface area contributed by atoms with E-state index in [4.69, 9.17) is 0 Å². The lowest BCUT2D eigenvalue weighted by molar-refractivity contribution is 1.64. The molecule has 0 aromatic heterocycles. The highest BCUT2D eigenvalue weighted by Gasteiger charge is 2.40. The Bertz CT molecular complexity index is 2530. The summed E-state index contributed by atoms with van der Waals surface area (Å²) in [6.07, 6.45) is 0. The smallest absolute Gasteiger partial charge is 0.0623 e. The molecule has 0 saturated heterocycles. The van der Waals surface area contributed by atoms with Gasteiger partial charge in [0.2, 0.25) is 0 Å². The molecule has 0 N–H and O–H groups in total. The lowest BCUT2D eigenvalue weighted by Crippen LogP contribution is -2.49. The quantitative estimate of drug-likeness (QED) is 0.130. The molecule has 0 spiro atoms. The minimum atomic E-state index is -1.82. The summed E-state index contributed by atoms with van der Waals surface area (Å²) in [7, 11) is -3.64. The van der Waals surface area contributed by atoms with Gasteiger partial charge in [-0.2, -0.15) is 0 Å². The van der Waals surface area contributed by atoms with Gasteiger partial charge in [0.25, 0.3) is 0 Å². The molecular weight excluding hydrogens is 633 g/mol. The first-order chi connectivity index (χ1) is 24.4. The zero-order valence-electron chi connectivity index (χ0n) is 29.0. The second-order valence-electron chi connectivity index (χ2n) is 15.2. The Morgan fingerprint density at radius 1 is 0.280 bits per heavy atom. The summed E-state index contributed by atoms with van der Waals surface area (Å²) in [5.74, 6) is 0. The summed E-state index contributed by atoms with van der Waals surface area (Å²) in [6.45, 7) is 10.0. The van der Waals surface area contributed by atoms with Crippen LogP contribution in [0, 0.1) is 0 Å². The number of hydrogen-bond donors (Lipinski definition) is 0. The topological polar surface area (TPSA) is 0 Å². The molecule has 2 heteroatoms. The molecule has 238 valence electrons. The van der Waals surface area contributed by atoms with Gasteiger partial charge in [0.1, 0.15) is 16.1 Å². The number of fused-ring (bicyclic) bond motifs is 8. The van der Waals surface area contributed by atoms with Gasteiger partial charge in [-0.15, -0.1) is 0 Å². The molecule has 0 unspecified atom stereocenters. The van der Waals surface area contributed by atoms with E-state index < -0.39 is 16.1 Å². The van der Waals surface area contributed by atoms with Crippen LogP contribution in [0.3, 0.4) is 0 Å². The van der Waals surface area contributed by atoms with Crippen molar-refractivity contribution in [1.29, 1.82) is 0 Å². The maximum Gasteiger partial charge on any atom is 0.113 e. The highest BCUT2D eigenvalue weighted by Crippen LogP contribution is 2.47. The summed E-state index contributed by atoms with van der Waals surface area (Å²) >= 11 is 0. The second-order valence-corrected chi connectivity index (χ2v) is 23.9. The number of rotatable bonds is 3. The molecule has 2 aliphatic heterocycles. The van der Waals surface area contributed by atoms with Crippen LogP contribution >= 0.6 is 0 Å². The van der Waals surface area contributed by atoms with Crippen molar-refractivity contribution in [2.45, 2.75) is 26.2 Å². The van der Waals surface area contributed by atoms with Crippen LogP contribution in [-0.2, 0) is 0 Å². The van der Waals surface area contributed by atoms with Crippen LogP contribution in [0.1, 0.15) is 0 Å². The summed E-state index contributed by atoms with van der Waals surface area (Å²) in [5, 5.41) is 11.4. The third kappa shape index (κ3) is 3.98. The Labute approximate surface area is 296 Å². The van der Waals surface area contributed by atoms with Crippen molar-refractivity contribution in [2.24, 2.45) is 0 Å². The maximum absolute atomic E-state index is 2.52. The minimum Gasteiger partial charge on any atom is -0.0623 e. The number of hydrogen-bond acceptors (Lipinski definition) is 0. The van der Waals surface area contributed by atoms with Crippen LogP contribution in [0.15, 0.2) is 158 Å². The largest absolute Gasteiger partial charge is 0.113 e. The van der Waals surface area contributed by atoms with Crippen LogP contribution in [0.4, 0.5) is 0 Å². The number of benzene rings is 8. The van der Waals surface area contributed by atoms with E-state index in [9.17, 15) is 0 Å². The summed E-state index contributed by atoms with van der Waals surface area (Å²) in [6, 6.07) is 60.0. The average molecular weight is 671 g/mol. The third-order valence-electron chi connectivity index (χ3n) is 11.9. The van der Waals surface area contributed by atoms with Crippen molar-refractivity contribution in [1.82, 2.24) is 0 Å². The first-order valence-electron chi connectivity index (χ1n) is 17.9. The molecule has 2 heterocycles. The Balaban J connectivity index is 1.33. The van der Waals surface area contributed by atoms with Gasteiger partial charge in [-0.05, 0) is 104 Å². The van der Waals surface area contributed by atoms with E-state index in [1.165, 1.54) is 77.2 Å². The highest BCUT2D eigenvalue weighted by atomic mass is 28.3. The lowest BCUT2D eigenvalue weighted by Gasteiger charge is -2.21. The molecule has 2 aliphatic rings. The average Bonchev–Trinajstić information content (AvgIpc) is 3.54. The van der Waals surface area contributed by atoms with E-state index in [2.05, 4.69) is 184 Å². The first-order valence-corrected chi connectivity index (χ1v) is 23.9. The molecule has 0 atom stereocenters. The van der Waals surface area contributed by atoms with Gasteiger partial charge < -0.3 is 0 Å². The molecule has 10 rings (SSSR count). The Morgan fingerprint density at radius 2 is 0.660 bits per heavy atom. The summed E-state index contributed by atoms with van der Waals surface area (Å²) in [4.78, 5) is 0. The SMILES string of the molecule is C[Si]1(C)c2ccccc2-c2c(-c3cccc4c(-c5ccccc5)c5cccc(-c6cccc7c6-c6ccccc6[Si]7(C)C)c5cc34)cccc21. The Hall–Kier alpha value is -5.29. The van der Waals surface area contributed by atoms with Gasteiger partial charge in [-0.3, -0.25) is 0 Å². The van der Waals surface area contributed by atoms with Gasteiger partial charge in [0.15, 0.2) is 0 Å². The zero-order chi connectivity index (χ0) is 33.8. The highest BCUT2D eigenvalue weighted by molar-refractivity contribution is 7.04. The van der Waals surface area contributed by atoms with Crippen molar-refractivity contribution >= 4 is 58.4 Å². The molecule has 0 aliphatic carbocycles. The fourth-order valence-corrected chi connectivity index (χ4v) is 15.7. The van der Waals surface area contributed by atoms with E-state index in [-0.39, 0.29) is 0 Å². The molecule has 0 amide bonds. The van der Waals surface area contributed by atoms with Crippen LogP contribution in [0.2, 0.25) is 26.2 Å². The first kappa shape index (κ1) is 29.6. The van der Waals surface area contributed by atoms with E-state index >= 15 is 0 Å². The fourth-order valence-electron chi connectivity index (χ4n) is 9.51. The molecule has 50 heavy (non-hydrogen) atoms. The van der Waals surface area contributed by atoms with Crippen molar-refractivity contribution in [2.75, 3.05) is 0 Å². The van der Waals surface area contributed by atoms with Gasteiger partial charge >= 0.3 is 0 Å². The molecule has 8 aromatic rings. The fraction of sp³-hybridized carbons (Fsp3) is 0.0833. The van der Waals surface area contributed by atoms with Crippen LogP contribution in [0.25, 0.3) is 77.2 Å². The predicted octanol–water partition coefficient (Wildman–Crippen LogP) is 10.6. The van der Waals surface area contributed by atoms with Crippen molar-refractivity contribution in [3.63, 3.8) is 0 Å². The van der Waals surface area contributed by atoms with Gasteiger partial charge in [0.05, 0.1) is 0 Å². The molecule has 0 bridgehead atoms. The third-order valence-corrected chi connectivity index (χ3v) is 19.0. The standard InChI is InChI=1S/C48H38Si2/c1-49(2)42-26-10-8-18-38(42)47-34(24-14-28-44(47)49)32-20-12-22-36-40(32)30-41-33(21-13-23-37(41)46(36)31-16-6-5-7-17-31)35-25-15-29-45-48(35)39-19-9-11-27-43(39)50(45,3)4/h5-30H,1-4H3. The van der Waals surface area contributed by atoms with E-state index in [1.807, 2.05) is 0 Å². The normalized spacial score (nSPS) is 14.7. The Kier molecular flexibility index (Phi) is 6.28. The molecular formula is C48H38Si2. The van der Waals surface area contributed by atoms with Crippen molar-refractivity contribution in [3.05, 3.63) is 158 Å². The van der Waals surface area contributed by atoms with Crippen molar-refractivity contribution < 1.29 is 0 Å². The maximum atomic E-state index is 2.52. The van der Waals surface area contributed by atoms with Gasteiger partial charge in [0, 0.05) is 0 Å². The molecule has 0 saturated carbocycles. The second kappa shape index (κ2) is 10.6. The van der Waals surface area contributed by atoms with E-state index in [1.54, 1.807) is 20.7 Å². The van der Waals surface area contributed by atoms with Crippen molar-refractivity contribution in [3.8, 4) is 55.6 Å². The Morgan fingerprint density at radius 3 is 1.16 bits per heavy atom. The van der Waals surface area contributed by atoms with Crippen LogP contribution in [0.5, 0.6) is 0 Å². The van der Waals surface area contributed by atoms with Crippen LogP contribution < -0.4 is 20.7 Å². The van der Waals surface area contributed by atoms with Gasteiger partial charge in [-0.1, -0.05) is 178 Å². The molecule has 0 nitrogen and oxygen atoms in total. The summed E-state index contributed by atoms with van der Waals surface area (Å²) < 4.78 is 0. The predicted molar refractivity (Wildman–Crippen MR) is 222 cm³/mol. The molecule has 0 radical (unpaired) electrons. The minimum absolute atomic E-state index is 1.26. The van der Waals surface area contributed by atoms with Crippen LogP contribution in [-0.4, -0.2) is 16.1 Å². The van der Waals surface area contributed by atoms with E-state index in [0.29, 0.717) is 0 Å². The lowest BCUT2D eigenvalue weighted by atomic mass is 9.84. The summed E-state index contributed by atoms with van der Waals surface area (Å²) in [5.41, 5.74) is 13.6.